The molecule has 0 radical (unpaired) electrons. The third-order valence-electron chi connectivity index (χ3n) is 2.94. The molecule has 0 bridgehead atoms. The molecule has 7 heteroatoms. The van der Waals surface area contributed by atoms with Crippen LogP contribution in [0.15, 0.2) is 29.2 Å². The van der Waals surface area contributed by atoms with Gasteiger partial charge >= 0.3 is 0 Å². The minimum atomic E-state index is -3.79. The number of hydrogen-bond acceptors (Lipinski definition) is 4. The highest BCUT2D eigenvalue weighted by atomic mass is 32.2. The first-order chi connectivity index (χ1) is 8.97. The molecule has 19 heavy (non-hydrogen) atoms. The Morgan fingerprint density at radius 1 is 1.47 bits per heavy atom. The fourth-order valence-electron chi connectivity index (χ4n) is 1.93. The summed E-state index contributed by atoms with van der Waals surface area (Å²) in [4.78, 5) is 11.8. The SMILES string of the molecule is NS(=O)(=O)c1cccc(C(=O)NC[C@H]2CCCO2)c1. The van der Waals surface area contributed by atoms with E-state index in [0.29, 0.717) is 6.54 Å². The maximum Gasteiger partial charge on any atom is 0.251 e. The van der Waals surface area contributed by atoms with E-state index >= 15 is 0 Å². The van der Waals surface area contributed by atoms with Crippen molar-refractivity contribution in [2.45, 2.75) is 23.8 Å². The number of rotatable bonds is 4. The normalized spacial score (nSPS) is 19.3. The van der Waals surface area contributed by atoms with E-state index in [4.69, 9.17) is 9.88 Å². The number of carbonyl (C=O) groups is 1. The lowest BCUT2D eigenvalue weighted by Gasteiger charge is -2.11. The average molecular weight is 284 g/mol. The zero-order chi connectivity index (χ0) is 13.9. The van der Waals surface area contributed by atoms with Gasteiger partial charge in [0.1, 0.15) is 0 Å². The number of sulfonamides is 1. The van der Waals surface area contributed by atoms with Crippen molar-refractivity contribution in [2.24, 2.45) is 5.14 Å². The first kappa shape index (κ1) is 14.0. The minimum absolute atomic E-state index is 0.0466. The largest absolute Gasteiger partial charge is 0.376 e. The van der Waals surface area contributed by atoms with Gasteiger partial charge in [0.05, 0.1) is 11.0 Å². The molecule has 0 unspecified atom stereocenters. The van der Waals surface area contributed by atoms with Crippen molar-refractivity contribution in [3.05, 3.63) is 29.8 Å². The molecule has 1 aliphatic rings. The molecule has 1 fully saturated rings. The van der Waals surface area contributed by atoms with Crippen LogP contribution in [0.2, 0.25) is 0 Å². The zero-order valence-electron chi connectivity index (χ0n) is 10.3. The van der Waals surface area contributed by atoms with Gasteiger partial charge in [-0.15, -0.1) is 0 Å². The molecule has 6 nitrogen and oxygen atoms in total. The third kappa shape index (κ3) is 3.76. The van der Waals surface area contributed by atoms with Gasteiger partial charge in [0, 0.05) is 18.7 Å². The number of benzene rings is 1. The smallest absolute Gasteiger partial charge is 0.251 e. The van der Waals surface area contributed by atoms with Crippen LogP contribution in [-0.2, 0) is 14.8 Å². The molecule has 0 aromatic heterocycles. The van der Waals surface area contributed by atoms with E-state index in [1.54, 1.807) is 6.07 Å². The first-order valence-electron chi connectivity index (χ1n) is 5.99. The van der Waals surface area contributed by atoms with E-state index < -0.39 is 10.0 Å². The van der Waals surface area contributed by atoms with E-state index in [0.717, 1.165) is 19.4 Å². The number of carbonyl (C=O) groups excluding carboxylic acids is 1. The van der Waals surface area contributed by atoms with Crippen LogP contribution in [0, 0.1) is 0 Å². The molecule has 1 amide bonds. The van der Waals surface area contributed by atoms with Crippen LogP contribution in [0.3, 0.4) is 0 Å². The molecular weight excluding hydrogens is 268 g/mol. The molecule has 104 valence electrons. The predicted molar refractivity (Wildman–Crippen MR) is 69.1 cm³/mol. The number of hydrogen-bond donors (Lipinski definition) is 2. The molecule has 3 N–H and O–H groups in total. The molecule has 1 aromatic carbocycles. The van der Waals surface area contributed by atoms with E-state index in [9.17, 15) is 13.2 Å². The second kappa shape index (κ2) is 5.68. The summed E-state index contributed by atoms with van der Waals surface area (Å²) in [6.45, 7) is 1.15. The van der Waals surface area contributed by atoms with Crippen molar-refractivity contribution < 1.29 is 17.9 Å². The summed E-state index contributed by atoms with van der Waals surface area (Å²) in [5.74, 6) is -0.332. The van der Waals surface area contributed by atoms with Crippen molar-refractivity contribution in [3.8, 4) is 0 Å². The molecule has 0 saturated carbocycles. The highest BCUT2D eigenvalue weighted by molar-refractivity contribution is 7.89. The topological polar surface area (TPSA) is 98.5 Å². The Bertz CT molecular complexity index is 565. The van der Waals surface area contributed by atoms with Gasteiger partial charge in [-0.05, 0) is 31.0 Å². The highest BCUT2D eigenvalue weighted by Crippen LogP contribution is 2.12. The van der Waals surface area contributed by atoms with Crippen molar-refractivity contribution in [1.29, 1.82) is 0 Å². The second-order valence-electron chi connectivity index (χ2n) is 4.42. The van der Waals surface area contributed by atoms with Gasteiger partial charge in [-0.3, -0.25) is 4.79 Å². The molecule has 1 saturated heterocycles. The highest BCUT2D eigenvalue weighted by Gasteiger charge is 2.17. The van der Waals surface area contributed by atoms with Crippen LogP contribution in [0.5, 0.6) is 0 Å². The standard InChI is InChI=1S/C12H16N2O4S/c13-19(16,17)11-5-1-3-9(7-11)12(15)14-8-10-4-2-6-18-10/h1,3,5,7,10H,2,4,6,8H2,(H,14,15)(H2,13,16,17)/t10-/m1/s1. The van der Waals surface area contributed by atoms with Gasteiger partial charge in [-0.1, -0.05) is 6.07 Å². The second-order valence-corrected chi connectivity index (χ2v) is 5.98. The Morgan fingerprint density at radius 2 is 2.26 bits per heavy atom. The molecule has 0 aliphatic carbocycles. The molecule has 1 aromatic rings. The van der Waals surface area contributed by atoms with Crippen LogP contribution in [0.4, 0.5) is 0 Å². The summed E-state index contributed by atoms with van der Waals surface area (Å²) in [5.41, 5.74) is 0.268. The Labute approximate surface area is 112 Å². The summed E-state index contributed by atoms with van der Waals surface area (Å²) in [5, 5.41) is 7.74. The third-order valence-corrected chi connectivity index (χ3v) is 3.85. The number of primary sulfonamides is 1. The summed E-state index contributed by atoms with van der Waals surface area (Å²) in [6.07, 6.45) is 1.98. The lowest BCUT2D eigenvalue weighted by Crippen LogP contribution is -2.31. The fraction of sp³-hybridized carbons (Fsp3) is 0.417. The molecular formula is C12H16N2O4S. The van der Waals surface area contributed by atoms with Gasteiger partial charge < -0.3 is 10.1 Å². The molecule has 1 heterocycles. The summed E-state index contributed by atoms with van der Waals surface area (Å²) < 4.78 is 27.8. The quantitative estimate of drug-likeness (QED) is 0.827. The maximum absolute atomic E-state index is 11.9. The van der Waals surface area contributed by atoms with Gasteiger partial charge in [0.25, 0.3) is 5.91 Å². The van der Waals surface area contributed by atoms with Crippen LogP contribution >= 0.6 is 0 Å². The van der Waals surface area contributed by atoms with Crippen LogP contribution in [0.1, 0.15) is 23.2 Å². The Balaban J connectivity index is 2.02. The maximum atomic E-state index is 11.9. The van der Waals surface area contributed by atoms with Gasteiger partial charge in [0.2, 0.25) is 10.0 Å². The Kier molecular flexibility index (Phi) is 4.18. The molecule has 0 spiro atoms. The van der Waals surface area contributed by atoms with E-state index in [1.165, 1.54) is 18.2 Å². The predicted octanol–water partition coefficient (Wildman–Crippen LogP) is 0.243. The fourth-order valence-corrected chi connectivity index (χ4v) is 2.49. The number of nitrogens with one attached hydrogen (secondary N) is 1. The molecule has 2 rings (SSSR count). The van der Waals surface area contributed by atoms with Crippen LogP contribution < -0.4 is 10.5 Å². The van der Waals surface area contributed by atoms with E-state index in [1.807, 2.05) is 0 Å². The van der Waals surface area contributed by atoms with Crippen molar-refractivity contribution in [1.82, 2.24) is 5.32 Å². The summed E-state index contributed by atoms with van der Waals surface area (Å²) >= 11 is 0. The van der Waals surface area contributed by atoms with Crippen molar-refractivity contribution in [3.63, 3.8) is 0 Å². The number of ether oxygens (including phenoxy) is 1. The molecule has 1 aliphatic heterocycles. The first-order valence-corrected chi connectivity index (χ1v) is 7.54. The monoisotopic (exact) mass is 284 g/mol. The molecule has 1 atom stereocenters. The Hall–Kier alpha value is -1.44. The lowest BCUT2D eigenvalue weighted by atomic mass is 10.2. The van der Waals surface area contributed by atoms with Crippen LogP contribution in [-0.4, -0.2) is 33.6 Å². The Morgan fingerprint density at radius 3 is 2.89 bits per heavy atom. The lowest BCUT2D eigenvalue weighted by molar-refractivity contribution is 0.0857. The van der Waals surface area contributed by atoms with Crippen LogP contribution in [0.25, 0.3) is 0 Å². The summed E-state index contributed by atoms with van der Waals surface area (Å²) in [6, 6.07) is 5.65. The van der Waals surface area contributed by atoms with Gasteiger partial charge in [-0.25, -0.2) is 13.6 Å². The minimum Gasteiger partial charge on any atom is -0.376 e. The zero-order valence-corrected chi connectivity index (χ0v) is 11.2. The average Bonchev–Trinajstić information content (AvgIpc) is 2.88. The van der Waals surface area contributed by atoms with E-state index in [-0.39, 0.29) is 22.5 Å². The van der Waals surface area contributed by atoms with Crippen molar-refractivity contribution in [2.75, 3.05) is 13.2 Å². The summed E-state index contributed by atoms with van der Waals surface area (Å²) in [7, 11) is -3.79. The van der Waals surface area contributed by atoms with Gasteiger partial charge in [-0.2, -0.15) is 0 Å². The van der Waals surface area contributed by atoms with Gasteiger partial charge in [0.15, 0.2) is 0 Å². The number of nitrogens with two attached hydrogens (primary N) is 1. The number of amides is 1. The van der Waals surface area contributed by atoms with Crippen molar-refractivity contribution >= 4 is 15.9 Å². The van der Waals surface area contributed by atoms with E-state index in [2.05, 4.69) is 5.32 Å².